The van der Waals surface area contributed by atoms with E-state index in [4.69, 9.17) is 0 Å². The molecule has 0 saturated carbocycles. The SMILES string of the molecule is CC(C)(C)N1[Si](F)(F)N(C(C)(C)C)[Si]1(n1ccc2ccccc21)n1ccc2ccccc21. The van der Waals surface area contributed by atoms with E-state index in [2.05, 4.69) is 44.9 Å². The summed E-state index contributed by atoms with van der Waals surface area (Å²) in [4.78, 5) is 0. The number of hydrogen-bond donors (Lipinski definition) is 0. The van der Waals surface area contributed by atoms with E-state index in [1.165, 1.54) is 0 Å². The summed E-state index contributed by atoms with van der Waals surface area (Å²) in [5, 5.41) is 2.13. The maximum absolute atomic E-state index is 16.3. The van der Waals surface area contributed by atoms with Gasteiger partial charge in [-0.3, -0.25) is 0 Å². The highest BCUT2D eigenvalue weighted by Crippen LogP contribution is 2.52. The number of fused-ring (bicyclic) bond motifs is 2. The Morgan fingerprint density at radius 2 is 0.969 bits per heavy atom. The average Bonchev–Trinajstić information content (AvgIpc) is 3.28. The molecule has 0 N–H and O–H groups in total. The number of aromatic nitrogens is 2. The van der Waals surface area contributed by atoms with E-state index in [0.717, 1.165) is 21.8 Å². The van der Waals surface area contributed by atoms with Crippen LogP contribution in [-0.2, 0) is 0 Å². The smallest absolute Gasteiger partial charge is 0.332 e. The van der Waals surface area contributed by atoms with Crippen LogP contribution < -0.4 is 0 Å². The molecule has 2 aromatic carbocycles. The molecule has 1 aliphatic heterocycles. The molecular weight excluding hydrogens is 438 g/mol. The van der Waals surface area contributed by atoms with Gasteiger partial charge in [0.15, 0.2) is 0 Å². The number of hydrogen-bond acceptors (Lipinski definition) is 2. The first-order valence-corrected chi connectivity index (χ1v) is 14.5. The molecule has 0 bridgehead atoms. The second-order valence-corrected chi connectivity index (χ2v) is 16.5. The molecule has 0 unspecified atom stereocenters. The van der Waals surface area contributed by atoms with E-state index < -0.39 is 28.9 Å². The molecule has 0 aliphatic carbocycles. The monoisotopic (exact) mass is 468 g/mol. The van der Waals surface area contributed by atoms with Crippen LogP contribution in [0.5, 0.6) is 0 Å². The highest BCUT2D eigenvalue weighted by molar-refractivity contribution is 6.99. The van der Waals surface area contributed by atoms with Gasteiger partial charge in [0.25, 0.3) is 0 Å². The molecule has 2 aromatic heterocycles. The van der Waals surface area contributed by atoms with Gasteiger partial charge in [-0.15, -0.1) is 0 Å². The molecular formula is C24H30F2N4Si2. The maximum Gasteiger partial charge on any atom is 0.594 e. The summed E-state index contributed by atoms with van der Waals surface area (Å²) in [6.07, 6.45) is 4.04. The fourth-order valence-corrected chi connectivity index (χ4v) is 16.7. The number of rotatable bonds is 2. The molecule has 168 valence electrons. The third-order valence-electron chi connectivity index (χ3n) is 6.33. The second kappa shape index (κ2) is 6.63. The number of nitrogens with zero attached hydrogens (tertiary/aromatic N) is 4. The lowest BCUT2D eigenvalue weighted by molar-refractivity contribution is 0.113. The van der Waals surface area contributed by atoms with Crippen molar-refractivity contribution in [3.8, 4) is 0 Å². The largest absolute Gasteiger partial charge is 0.594 e. The van der Waals surface area contributed by atoms with E-state index in [0.29, 0.717) is 0 Å². The molecule has 0 radical (unpaired) electrons. The lowest BCUT2D eigenvalue weighted by atomic mass is 10.1. The van der Waals surface area contributed by atoms with Crippen molar-refractivity contribution >= 4 is 39.6 Å². The first-order chi connectivity index (χ1) is 14.9. The number of halogens is 2. The first kappa shape index (κ1) is 21.6. The predicted molar refractivity (Wildman–Crippen MR) is 132 cm³/mol. The lowest BCUT2D eigenvalue weighted by Gasteiger charge is -2.68. The summed E-state index contributed by atoms with van der Waals surface area (Å²) >= 11 is 0. The fraction of sp³-hybridized carbons (Fsp3) is 0.333. The molecule has 32 heavy (non-hydrogen) atoms. The Morgan fingerprint density at radius 1 is 0.594 bits per heavy atom. The lowest BCUT2D eigenvalue weighted by Crippen LogP contribution is -3.00. The van der Waals surface area contributed by atoms with Gasteiger partial charge in [-0.05, 0) is 76.6 Å². The van der Waals surface area contributed by atoms with Crippen LogP contribution in [0.25, 0.3) is 21.8 Å². The van der Waals surface area contributed by atoms with E-state index in [-0.39, 0.29) is 0 Å². The van der Waals surface area contributed by atoms with E-state index >= 15 is 8.22 Å². The molecule has 5 rings (SSSR count). The zero-order valence-corrected chi connectivity index (χ0v) is 21.5. The van der Waals surface area contributed by atoms with Gasteiger partial charge in [-0.1, -0.05) is 36.4 Å². The molecule has 0 spiro atoms. The maximum atomic E-state index is 16.3. The molecule has 1 aliphatic rings. The van der Waals surface area contributed by atoms with E-state index in [1.54, 1.807) is 8.46 Å². The third-order valence-corrected chi connectivity index (χ3v) is 16.8. The van der Waals surface area contributed by atoms with Gasteiger partial charge in [0, 0.05) is 34.5 Å². The standard InChI is InChI=1S/C24H30F2N4Si2/c1-23(2,3)29-31(25,26)30(24(4,5)6)32(29,27-17-15-19-11-7-9-13-21(19)27)28-18-16-20-12-8-10-14-22(20)28/h7-18H,1-6H3. The Morgan fingerprint density at radius 3 is 1.34 bits per heavy atom. The highest BCUT2D eigenvalue weighted by atomic mass is 28.5. The minimum atomic E-state index is -4.92. The number of benzene rings is 2. The molecule has 1 saturated heterocycles. The number of para-hydroxylation sites is 2. The minimum Gasteiger partial charge on any atom is -0.332 e. The van der Waals surface area contributed by atoms with Gasteiger partial charge in [0.1, 0.15) is 0 Å². The Kier molecular flexibility index (Phi) is 4.47. The quantitative estimate of drug-likeness (QED) is 0.264. The average molecular weight is 469 g/mol. The molecule has 0 atom stereocenters. The van der Waals surface area contributed by atoms with Crippen molar-refractivity contribution in [3.63, 3.8) is 0 Å². The zero-order valence-electron chi connectivity index (χ0n) is 19.5. The van der Waals surface area contributed by atoms with Gasteiger partial charge < -0.3 is 8.47 Å². The van der Waals surface area contributed by atoms with Crippen molar-refractivity contribution in [2.75, 3.05) is 0 Å². The third kappa shape index (κ3) is 2.70. The van der Waals surface area contributed by atoms with E-state index in [1.807, 2.05) is 78.2 Å². The van der Waals surface area contributed by atoms with Crippen molar-refractivity contribution in [1.29, 1.82) is 0 Å². The van der Waals surface area contributed by atoms with Crippen LogP contribution >= 0.6 is 0 Å². The Hall–Kier alpha value is -2.27. The summed E-state index contributed by atoms with van der Waals surface area (Å²) in [5.74, 6) is 0. The normalized spacial score (nSPS) is 19.5. The van der Waals surface area contributed by atoms with Crippen LogP contribution in [0.2, 0.25) is 0 Å². The van der Waals surface area contributed by atoms with Gasteiger partial charge >= 0.3 is 17.8 Å². The van der Waals surface area contributed by atoms with Crippen LogP contribution in [0, 0.1) is 0 Å². The fourth-order valence-electron chi connectivity index (χ4n) is 5.46. The summed E-state index contributed by atoms with van der Waals surface area (Å²) in [7, 11) is -8.29. The molecule has 1 fully saturated rings. The Balaban J connectivity index is 1.96. The van der Waals surface area contributed by atoms with Crippen LogP contribution in [0.1, 0.15) is 41.5 Å². The van der Waals surface area contributed by atoms with Crippen molar-refractivity contribution in [2.45, 2.75) is 52.6 Å². The molecule has 8 heteroatoms. The van der Waals surface area contributed by atoms with Gasteiger partial charge in [0.05, 0.1) is 0 Å². The molecule has 0 amide bonds. The summed E-state index contributed by atoms with van der Waals surface area (Å²) in [6, 6.07) is 20.3. The van der Waals surface area contributed by atoms with E-state index in [9.17, 15) is 0 Å². The Bertz CT molecular complexity index is 1210. The molecule has 4 aromatic rings. The topological polar surface area (TPSA) is 16.3 Å². The van der Waals surface area contributed by atoms with Crippen molar-refractivity contribution < 1.29 is 8.22 Å². The van der Waals surface area contributed by atoms with Gasteiger partial charge in [-0.25, -0.2) is 16.7 Å². The van der Waals surface area contributed by atoms with Crippen molar-refractivity contribution in [2.24, 2.45) is 0 Å². The first-order valence-electron chi connectivity index (χ1n) is 11.0. The molecule has 4 nitrogen and oxygen atoms in total. The summed E-state index contributed by atoms with van der Waals surface area (Å²) in [6.45, 7) is 11.5. The highest BCUT2D eigenvalue weighted by Gasteiger charge is 2.84. The van der Waals surface area contributed by atoms with Crippen molar-refractivity contribution in [1.82, 2.24) is 16.9 Å². The van der Waals surface area contributed by atoms with Gasteiger partial charge in [-0.2, -0.15) is 0 Å². The summed E-state index contributed by atoms with van der Waals surface area (Å²) in [5.41, 5.74) is 0.566. The van der Waals surface area contributed by atoms with Crippen molar-refractivity contribution in [3.05, 3.63) is 73.1 Å². The Labute approximate surface area is 190 Å². The van der Waals surface area contributed by atoms with Gasteiger partial charge in [0.2, 0.25) is 0 Å². The zero-order chi connectivity index (χ0) is 23.1. The van der Waals surface area contributed by atoms with Crippen LogP contribution in [0.3, 0.4) is 0 Å². The van der Waals surface area contributed by atoms with Crippen LogP contribution in [-0.4, -0.2) is 45.8 Å². The molecule has 3 heterocycles. The van der Waals surface area contributed by atoms with Crippen LogP contribution in [0.4, 0.5) is 8.22 Å². The van der Waals surface area contributed by atoms with Crippen LogP contribution in [0.15, 0.2) is 73.1 Å². The second-order valence-electron chi connectivity index (χ2n) is 10.6. The summed E-state index contributed by atoms with van der Waals surface area (Å²) < 4.78 is 40.3. The minimum absolute atomic E-state index is 0.708. The predicted octanol–water partition coefficient (Wildman–Crippen LogP) is 6.02.